The number of hydrogen-bond acceptors (Lipinski definition) is 5. The number of rotatable bonds is 3. The van der Waals surface area contributed by atoms with E-state index in [1.165, 1.54) is 11.1 Å². The molecule has 5 nitrogen and oxygen atoms in total. The number of hydrazine groups is 2. The molecule has 0 spiro atoms. The number of benzene rings is 2. The summed E-state index contributed by atoms with van der Waals surface area (Å²) in [6.07, 6.45) is 0.536. The van der Waals surface area contributed by atoms with Gasteiger partial charge in [0.2, 0.25) is 0 Å². The van der Waals surface area contributed by atoms with Crippen molar-refractivity contribution in [3.05, 3.63) is 83.4 Å². The molecule has 1 heterocycles. The quantitative estimate of drug-likeness (QED) is 0.809. The predicted octanol–water partition coefficient (Wildman–Crippen LogP) is 1.78. The Morgan fingerprint density at radius 1 is 1.09 bits per heavy atom. The molecular formula is C18H21N5. The minimum Gasteiger partial charge on any atom is -0.311 e. The Morgan fingerprint density at radius 2 is 1.74 bits per heavy atom. The minimum atomic E-state index is -0.377. The van der Waals surface area contributed by atoms with Crippen LogP contribution in [0.15, 0.2) is 71.9 Å². The molecule has 3 rings (SSSR count). The van der Waals surface area contributed by atoms with Gasteiger partial charge in [0.25, 0.3) is 0 Å². The summed E-state index contributed by atoms with van der Waals surface area (Å²) in [5, 5.41) is 5.99. The summed E-state index contributed by atoms with van der Waals surface area (Å²) in [5.41, 5.74) is 17.0. The van der Waals surface area contributed by atoms with Gasteiger partial charge in [0.15, 0.2) is 0 Å². The van der Waals surface area contributed by atoms with Crippen molar-refractivity contribution in [2.75, 3.05) is 7.05 Å². The second-order valence-electron chi connectivity index (χ2n) is 5.61. The van der Waals surface area contributed by atoms with Gasteiger partial charge >= 0.3 is 0 Å². The lowest BCUT2D eigenvalue weighted by Crippen LogP contribution is -2.50. The van der Waals surface area contributed by atoms with Crippen molar-refractivity contribution >= 4 is 5.71 Å². The highest BCUT2D eigenvalue weighted by Gasteiger charge is 2.19. The summed E-state index contributed by atoms with van der Waals surface area (Å²) >= 11 is 0. The highest BCUT2D eigenvalue weighted by Crippen LogP contribution is 2.15. The lowest BCUT2D eigenvalue weighted by molar-refractivity contribution is 0.147. The monoisotopic (exact) mass is 307 g/mol. The van der Waals surface area contributed by atoms with Crippen LogP contribution < -0.4 is 16.7 Å². The van der Waals surface area contributed by atoms with Crippen LogP contribution in [0.4, 0.5) is 0 Å². The summed E-state index contributed by atoms with van der Waals surface area (Å²) in [6, 6.07) is 18.8. The van der Waals surface area contributed by atoms with Crippen molar-refractivity contribution in [2.45, 2.75) is 12.6 Å². The van der Waals surface area contributed by atoms with Crippen molar-refractivity contribution in [3.8, 4) is 0 Å². The van der Waals surface area contributed by atoms with Gasteiger partial charge in [-0.2, -0.15) is 5.10 Å². The molecule has 0 aliphatic carbocycles. The Labute approximate surface area is 136 Å². The summed E-state index contributed by atoms with van der Waals surface area (Å²) < 4.78 is 0. The summed E-state index contributed by atoms with van der Waals surface area (Å²) in [7, 11) is 1.81. The van der Waals surface area contributed by atoms with E-state index in [-0.39, 0.29) is 6.17 Å². The zero-order valence-corrected chi connectivity index (χ0v) is 13.2. The van der Waals surface area contributed by atoms with Crippen LogP contribution in [0.25, 0.3) is 0 Å². The van der Waals surface area contributed by atoms with E-state index in [9.17, 15) is 0 Å². The van der Waals surface area contributed by atoms with Crippen LogP contribution in [-0.4, -0.2) is 24.0 Å². The Bertz CT molecular complexity index is 706. The molecule has 5 heteroatoms. The van der Waals surface area contributed by atoms with E-state index in [0.29, 0.717) is 0 Å². The fraction of sp³-hybridized carbons (Fsp3) is 0.167. The first-order chi connectivity index (χ1) is 11.1. The molecule has 1 unspecified atom stereocenters. The lowest BCUT2D eigenvalue weighted by atomic mass is 9.98. The third kappa shape index (κ3) is 3.65. The first-order valence-corrected chi connectivity index (χ1v) is 7.55. The van der Waals surface area contributed by atoms with Crippen molar-refractivity contribution in [3.63, 3.8) is 0 Å². The third-order valence-electron chi connectivity index (χ3n) is 3.80. The zero-order valence-electron chi connectivity index (χ0n) is 13.2. The maximum absolute atomic E-state index is 6.06. The molecule has 0 bridgehead atoms. The first-order valence-electron chi connectivity index (χ1n) is 7.55. The second-order valence-corrected chi connectivity index (χ2v) is 5.61. The topological polar surface area (TPSA) is 65.7 Å². The molecule has 1 aliphatic heterocycles. The maximum atomic E-state index is 6.06. The predicted molar refractivity (Wildman–Crippen MR) is 93.4 cm³/mol. The van der Waals surface area contributed by atoms with Gasteiger partial charge < -0.3 is 5.73 Å². The molecule has 0 fully saturated rings. The van der Waals surface area contributed by atoms with Crippen LogP contribution >= 0.6 is 0 Å². The molecule has 0 saturated carbocycles. The molecule has 0 aromatic heterocycles. The van der Waals surface area contributed by atoms with Crippen molar-refractivity contribution in [1.29, 1.82) is 0 Å². The number of nitrogens with two attached hydrogens (primary N) is 1. The van der Waals surface area contributed by atoms with Gasteiger partial charge in [0.05, 0.1) is 11.9 Å². The first kappa shape index (κ1) is 15.4. The Morgan fingerprint density at radius 3 is 2.43 bits per heavy atom. The van der Waals surface area contributed by atoms with Gasteiger partial charge in [0, 0.05) is 18.2 Å². The van der Waals surface area contributed by atoms with E-state index in [4.69, 9.17) is 5.73 Å². The molecule has 118 valence electrons. The average molecular weight is 307 g/mol. The third-order valence-corrected chi connectivity index (χ3v) is 3.80. The second kappa shape index (κ2) is 6.75. The number of hydrazone groups is 1. The van der Waals surface area contributed by atoms with Crippen LogP contribution in [0.2, 0.25) is 0 Å². The van der Waals surface area contributed by atoms with Gasteiger partial charge in [-0.3, -0.25) is 0 Å². The van der Waals surface area contributed by atoms with Gasteiger partial charge in [0.1, 0.15) is 0 Å². The molecule has 23 heavy (non-hydrogen) atoms. The highest BCUT2D eigenvalue weighted by molar-refractivity contribution is 6.12. The van der Waals surface area contributed by atoms with Crippen molar-refractivity contribution in [2.24, 2.45) is 10.8 Å². The molecule has 4 N–H and O–H groups in total. The van der Waals surface area contributed by atoms with Crippen LogP contribution in [0.3, 0.4) is 0 Å². The molecule has 0 saturated heterocycles. The van der Waals surface area contributed by atoms with Gasteiger partial charge in [-0.15, -0.1) is 5.12 Å². The molecular weight excluding hydrogens is 286 g/mol. The Hall–Kier alpha value is -2.47. The van der Waals surface area contributed by atoms with E-state index >= 15 is 0 Å². The number of hydrogen-bond donors (Lipinski definition) is 3. The van der Waals surface area contributed by atoms with E-state index < -0.39 is 0 Å². The zero-order chi connectivity index (χ0) is 16.2. The summed E-state index contributed by atoms with van der Waals surface area (Å²) in [6.45, 7) is 4.05. The smallest absolute Gasteiger partial charge is 0.0974 e. The van der Waals surface area contributed by atoms with Gasteiger partial charge in [-0.25, -0.2) is 11.0 Å². The Kier molecular flexibility index (Phi) is 4.52. The highest BCUT2D eigenvalue weighted by atomic mass is 15.8. The number of nitrogens with one attached hydrogen (secondary N) is 2. The van der Waals surface area contributed by atoms with Crippen LogP contribution in [0.5, 0.6) is 0 Å². The van der Waals surface area contributed by atoms with Gasteiger partial charge in [-0.1, -0.05) is 61.2 Å². The van der Waals surface area contributed by atoms with Crippen LogP contribution in [0.1, 0.15) is 16.7 Å². The molecule has 1 atom stereocenters. The Balaban J connectivity index is 1.80. The normalized spacial score (nSPS) is 19.0. The molecule has 2 aromatic rings. The minimum absolute atomic E-state index is 0.377. The van der Waals surface area contributed by atoms with Gasteiger partial charge in [-0.05, 0) is 17.5 Å². The maximum Gasteiger partial charge on any atom is 0.0974 e. The largest absolute Gasteiger partial charge is 0.311 e. The standard InChI is InChI=1S/C18H21N5/c1-13-17(20-22-23(2)21-18(13)19)16-10-8-15(9-11-16)12-14-6-4-3-5-7-14/h3-11,18,21-22H,1,12,19H2,2H3. The molecule has 0 radical (unpaired) electrons. The lowest BCUT2D eigenvalue weighted by Gasteiger charge is -2.18. The van der Waals surface area contributed by atoms with E-state index in [0.717, 1.165) is 23.3 Å². The number of nitrogens with zero attached hydrogens (tertiary/aromatic N) is 2. The van der Waals surface area contributed by atoms with Crippen LogP contribution in [-0.2, 0) is 6.42 Å². The fourth-order valence-corrected chi connectivity index (χ4v) is 2.52. The van der Waals surface area contributed by atoms with Crippen molar-refractivity contribution in [1.82, 2.24) is 16.1 Å². The fourth-order valence-electron chi connectivity index (χ4n) is 2.52. The van der Waals surface area contributed by atoms with E-state index in [1.54, 1.807) is 5.12 Å². The molecule has 1 aliphatic rings. The van der Waals surface area contributed by atoms with Crippen molar-refractivity contribution < 1.29 is 0 Å². The summed E-state index contributed by atoms with van der Waals surface area (Å²) in [5.74, 6) is 0. The summed E-state index contributed by atoms with van der Waals surface area (Å²) in [4.78, 5) is 0. The average Bonchev–Trinajstić information content (AvgIpc) is 2.68. The molecule has 0 amide bonds. The van der Waals surface area contributed by atoms with Crippen LogP contribution in [0, 0.1) is 0 Å². The van der Waals surface area contributed by atoms with E-state index in [2.05, 4.69) is 71.2 Å². The SMILES string of the molecule is C=C1C(c2ccc(Cc3ccccc3)cc2)=NNN(C)NC1N. The molecule has 2 aromatic carbocycles. The van der Waals surface area contributed by atoms with E-state index in [1.807, 2.05) is 13.1 Å².